The third-order valence-electron chi connectivity index (χ3n) is 2.34. The van der Waals surface area contributed by atoms with Gasteiger partial charge in [-0.2, -0.15) is 0 Å². The van der Waals surface area contributed by atoms with Crippen LogP contribution in [0.5, 0.6) is 0 Å². The number of aliphatic hydroxyl groups excluding tert-OH is 3. The molecule has 0 aromatic rings. The van der Waals surface area contributed by atoms with E-state index < -0.39 is 5.41 Å². The minimum Gasteiger partial charge on any atom is -0.396 e. The van der Waals surface area contributed by atoms with E-state index in [-0.39, 0.29) is 25.4 Å². The minimum atomic E-state index is -0.479. The first-order valence-electron chi connectivity index (χ1n) is 5.06. The summed E-state index contributed by atoms with van der Waals surface area (Å²) in [4.78, 5) is 0. The summed E-state index contributed by atoms with van der Waals surface area (Å²) in [5.41, 5.74) is -0.479. The van der Waals surface area contributed by atoms with Gasteiger partial charge in [0.1, 0.15) is 0 Å². The molecule has 4 N–H and O–H groups in total. The predicted molar refractivity (Wildman–Crippen MR) is 56.0 cm³/mol. The Morgan fingerprint density at radius 1 is 1.21 bits per heavy atom. The Balaban J connectivity index is 3.79. The molecular weight excluding hydrogens is 182 g/mol. The summed E-state index contributed by atoms with van der Waals surface area (Å²) < 4.78 is 0. The SMILES string of the molecule is CC(O)CC(C)NCC(C)(CO)CO. The summed E-state index contributed by atoms with van der Waals surface area (Å²) in [5, 5.41) is 30.4. The number of aliphatic hydroxyl groups is 3. The Hall–Kier alpha value is -0.160. The van der Waals surface area contributed by atoms with Gasteiger partial charge in [-0.05, 0) is 20.3 Å². The Morgan fingerprint density at radius 3 is 2.07 bits per heavy atom. The molecule has 86 valence electrons. The first-order chi connectivity index (χ1) is 6.43. The Labute approximate surface area is 86.0 Å². The van der Waals surface area contributed by atoms with Crippen LogP contribution in [0.25, 0.3) is 0 Å². The molecule has 0 radical (unpaired) electrons. The lowest BCUT2D eigenvalue weighted by Crippen LogP contribution is -2.42. The number of hydrogen-bond acceptors (Lipinski definition) is 4. The molecule has 0 aliphatic carbocycles. The molecule has 0 heterocycles. The summed E-state index contributed by atoms with van der Waals surface area (Å²) >= 11 is 0. The summed E-state index contributed by atoms with van der Waals surface area (Å²) in [6.45, 7) is 6.00. The molecule has 0 rings (SSSR count). The Morgan fingerprint density at radius 2 is 1.71 bits per heavy atom. The van der Waals surface area contributed by atoms with E-state index in [4.69, 9.17) is 15.3 Å². The molecule has 2 unspecified atom stereocenters. The van der Waals surface area contributed by atoms with Gasteiger partial charge in [-0.25, -0.2) is 0 Å². The van der Waals surface area contributed by atoms with Crippen LogP contribution in [0.3, 0.4) is 0 Å². The van der Waals surface area contributed by atoms with Crippen molar-refractivity contribution in [1.82, 2.24) is 5.32 Å². The van der Waals surface area contributed by atoms with E-state index in [2.05, 4.69) is 5.32 Å². The van der Waals surface area contributed by atoms with Gasteiger partial charge in [0.2, 0.25) is 0 Å². The van der Waals surface area contributed by atoms with E-state index in [1.807, 2.05) is 13.8 Å². The fourth-order valence-corrected chi connectivity index (χ4v) is 1.18. The molecule has 14 heavy (non-hydrogen) atoms. The highest BCUT2D eigenvalue weighted by atomic mass is 16.3. The highest BCUT2D eigenvalue weighted by molar-refractivity contribution is 4.77. The lowest BCUT2D eigenvalue weighted by Gasteiger charge is -2.27. The molecule has 0 spiro atoms. The van der Waals surface area contributed by atoms with Gasteiger partial charge >= 0.3 is 0 Å². The van der Waals surface area contributed by atoms with Gasteiger partial charge in [-0.15, -0.1) is 0 Å². The van der Waals surface area contributed by atoms with Gasteiger partial charge in [0, 0.05) is 18.0 Å². The second-order valence-electron chi connectivity index (χ2n) is 4.49. The maximum Gasteiger partial charge on any atom is 0.0526 e. The number of hydrogen-bond donors (Lipinski definition) is 4. The molecule has 0 aliphatic heterocycles. The van der Waals surface area contributed by atoms with E-state index in [0.29, 0.717) is 13.0 Å². The molecule has 0 bridgehead atoms. The van der Waals surface area contributed by atoms with Crippen molar-refractivity contribution < 1.29 is 15.3 Å². The second-order valence-corrected chi connectivity index (χ2v) is 4.49. The zero-order valence-corrected chi connectivity index (χ0v) is 9.32. The van der Waals surface area contributed by atoms with Gasteiger partial charge in [-0.1, -0.05) is 6.92 Å². The summed E-state index contributed by atoms with van der Waals surface area (Å²) in [6.07, 6.45) is 0.347. The van der Waals surface area contributed by atoms with E-state index >= 15 is 0 Å². The van der Waals surface area contributed by atoms with Gasteiger partial charge in [-0.3, -0.25) is 0 Å². The Kier molecular flexibility index (Phi) is 6.27. The molecular formula is C10H23NO3. The van der Waals surface area contributed by atoms with Crippen molar-refractivity contribution in [2.45, 2.75) is 39.3 Å². The fraction of sp³-hybridized carbons (Fsp3) is 1.00. The van der Waals surface area contributed by atoms with Crippen molar-refractivity contribution in [1.29, 1.82) is 0 Å². The zero-order chi connectivity index (χ0) is 11.2. The summed E-state index contributed by atoms with van der Waals surface area (Å²) in [5.74, 6) is 0. The monoisotopic (exact) mass is 205 g/mol. The van der Waals surface area contributed by atoms with Crippen molar-refractivity contribution in [3.63, 3.8) is 0 Å². The average Bonchev–Trinajstić information content (AvgIpc) is 2.13. The fourth-order valence-electron chi connectivity index (χ4n) is 1.18. The number of nitrogens with one attached hydrogen (secondary N) is 1. The van der Waals surface area contributed by atoms with Crippen LogP contribution in [0.1, 0.15) is 27.2 Å². The van der Waals surface area contributed by atoms with Gasteiger partial charge in [0.15, 0.2) is 0 Å². The van der Waals surface area contributed by atoms with Crippen molar-refractivity contribution in [2.24, 2.45) is 5.41 Å². The van der Waals surface area contributed by atoms with Crippen LogP contribution in [-0.2, 0) is 0 Å². The molecule has 0 fully saturated rings. The topological polar surface area (TPSA) is 72.7 Å². The first-order valence-corrected chi connectivity index (χ1v) is 5.06. The molecule has 0 aromatic carbocycles. The standard InChI is InChI=1S/C10H23NO3/c1-8(4-9(2)14)11-5-10(3,6-12)7-13/h8-9,11-14H,4-7H2,1-3H3. The van der Waals surface area contributed by atoms with Gasteiger partial charge in [0.25, 0.3) is 0 Å². The van der Waals surface area contributed by atoms with Crippen LogP contribution in [0.4, 0.5) is 0 Å². The zero-order valence-electron chi connectivity index (χ0n) is 9.32. The smallest absolute Gasteiger partial charge is 0.0526 e. The normalized spacial score (nSPS) is 16.7. The molecule has 2 atom stereocenters. The van der Waals surface area contributed by atoms with E-state index in [9.17, 15) is 0 Å². The quantitative estimate of drug-likeness (QED) is 0.461. The van der Waals surface area contributed by atoms with Crippen LogP contribution < -0.4 is 5.32 Å². The molecule has 0 saturated carbocycles. The number of rotatable bonds is 7. The minimum absolute atomic E-state index is 0.0438. The van der Waals surface area contributed by atoms with Crippen molar-refractivity contribution in [3.05, 3.63) is 0 Å². The molecule has 0 aromatic heterocycles. The Bertz CT molecular complexity index is 146. The molecule has 4 nitrogen and oxygen atoms in total. The maximum atomic E-state index is 9.13. The lowest BCUT2D eigenvalue weighted by molar-refractivity contribution is 0.0656. The van der Waals surface area contributed by atoms with Crippen LogP contribution in [-0.4, -0.2) is 47.2 Å². The highest BCUT2D eigenvalue weighted by Crippen LogP contribution is 2.12. The van der Waals surface area contributed by atoms with E-state index in [1.54, 1.807) is 6.92 Å². The molecule has 4 heteroatoms. The second kappa shape index (κ2) is 6.35. The maximum absolute atomic E-state index is 9.13. The summed E-state index contributed by atoms with van der Waals surface area (Å²) in [6, 6.07) is 0.187. The first kappa shape index (κ1) is 13.8. The molecule has 0 amide bonds. The molecule has 0 saturated heterocycles. The van der Waals surface area contributed by atoms with Gasteiger partial charge < -0.3 is 20.6 Å². The molecule has 0 aliphatic rings. The van der Waals surface area contributed by atoms with Crippen molar-refractivity contribution in [3.8, 4) is 0 Å². The summed E-state index contributed by atoms with van der Waals surface area (Å²) in [7, 11) is 0. The van der Waals surface area contributed by atoms with Crippen LogP contribution >= 0.6 is 0 Å². The van der Waals surface area contributed by atoms with E-state index in [0.717, 1.165) is 0 Å². The van der Waals surface area contributed by atoms with E-state index in [1.165, 1.54) is 0 Å². The average molecular weight is 205 g/mol. The third kappa shape index (κ3) is 5.54. The lowest BCUT2D eigenvalue weighted by atomic mass is 9.92. The largest absolute Gasteiger partial charge is 0.396 e. The van der Waals surface area contributed by atoms with Crippen LogP contribution in [0, 0.1) is 5.41 Å². The van der Waals surface area contributed by atoms with Crippen LogP contribution in [0.15, 0.2) is 0 Å². The third-order valence-corrected chi connectivity index (χ3v) is 2.34. The van der Waals surface area contributed by atoms with Crippen molar-refractivity contribution >= 4 is 0 Å². The highest BCUT2D eigenvalue weighted by Gasteiger charge is 2.22. The predicted octanol–water partition coefficient (Wildman–Crippen LogP) is -0.274. The van der Waals surface area contributed by atoms with Gasteiger partial charge in [0.05, 0.1) is 19.3 Å². The van der Waals surface area contributed by atoms with Crippen molar-refractivity contribution in [2.75, 3.05) is 19.8 Å². The van der Waals surface area contributed by atoms with Crippen LogP contribution in [0.2, 0.25) is 0 Å².